The van der Waals surface area contributed by atoms with Crippen LogP contribution in [0.1, 0.15) is 43.6 Å². The number of hydrogen-bond acceptors (Lipinski definition) is 5. The predicted octanol–water partition coefficient (Wildman–Crippen LogP) is 1.57. The van der Waals surface area contributed by atoms with Crippen molar-refractivity contribution in [3.63, 3.8) is 0 Å². The molecule has 1 spiro atoms. The van der Waals surface area contributed by atoms with E-state index in [0.717, 1.165) is 52.0 Å². The first kappa shape index (κ1) is 18.6. The lowest BCUT2D eigenvalue weighted by Gasteiger charge is -2.53. The van der Waals surface area contributed by atoms with Crippen molar-refractivity contribution in [1.29, 1.82) is 0 Å². The standard InChI is InChI=1S/C22H31N3O3/c26-20(27)12-21(14-23-15-21)25-8-6-22(7-9-25)11-17(13-28-22)24-19-10-18(19)16-4-2-1-3-5-16/h1-5,17-19,23-24H,6-15H2,(H,26,27)/t17?,18-,19+/m0/s1. The molecule has 0 radical (unpaired) electrons. The molecular weight excluding hydrogens is 354 g/mol. The molecule has 0 aromatic heterocycles. The monoisotopic (exact) mass is 385 g/mol. The molecule has 6 nitrogen and oxygen atoms in total. The van der Waals surface area contributed by atoms with Crippen LogP contribution in [0, 0.1) is 0 Å². The van der Waals surface area contributed by atoms with Gasteiger partial charge in [0.1, 0.15) is 0 Å². The SMILES string of the molecule is O=C(O)CC1(N2CCC3(CC2)CC(N[C@@H]2C[C@H]2c2ccccc2)CO3)CNC1. The van der Waals surface area contributed by atoms with Crippen LogP contribution >= 0.6 is 0 Å². The van der Waals surface area contributed by atoms with Gasteiger partial charge >= 0.3 is 5.97 Å². The Bertz CT molecular complexity index is 713. The van der Waals surface area contributed by atoms with Crippen LogP contribution in [0.3, 0.4) is 0 Å². The lowest BCUT2D eigenvalue weighted by molar-refractivity contribution is -0.143. The fraction of sp³-hybridized carbons (Fsp3) is 0.682. The summed E-state index contributed by atoms with van der Waals surface area (Å²) in [6.45, 7) is 4.27. The topological polar surface area (TPSA) is 73.8 Å². The van der Waals surface area contributed by atoms with E-state index in [2.05, 4.69) is 45.9 Å². The number of hydrogen-bond donors (Lipinski definition) is 3. The van der Waals surface area contributed by atoms with Gasteiger partial charge in [0.05, 0.1) is 24.2 Å². The van der Waals surface area contributed by atoms with Gasteiger partial charge in [-0.1, -0.05) is 30.3 Å². The summed E-state index contributed by atoms with van der Waals surface area (Å²) in [5, 5.41) is 16.4. The summed E-state index contributed by atoms with van der Waals surface area (Å²) < 4.78 is 6.34. The maximum atomic E-state index is 11.3. The average molecular weight is 386 g/mol. The normalized spacial score (nSPS) is 33.5. The Labute approximate surface area is 166 Å². The number of piperidine rings is 1. The van der Waals surface area contributed by atoms with Crippen molar-refractivity contribution in [2.24, 2.45) is 0 Å². The third kappa shape index (κ3) is 3.47. The number of benzene rings is 1. The number of carbonyl (C=O) groups is 1. The lowest BCUT2D eigenvalue weighted by Crippen LogP contribution is -2.71. The first-order valence-electron chi connectivity index (χ1n) is 10.7. The molecule has 1 unspecified atom stereocenters. The van der Waals surface area contributed by atoms with Crippen molar-refractivity contribution >= 4 is 5.97 Å². The van der Waals surface area contributed by atoms with Crippen LogP contribution in [0.4, 0.5) is 0 Å². The molecular formula is C22H31N3O3. The van der Waals surface area contributed by atoms with E-state index >= 15 is 0 Å². The van der Waals surface area contributed by atoms with E-state index < -0.39 is 5.97 Å². The molecule has 1 aromatic carbocycles. The molecule has 4 fully saturated rings. The Hall–Kier alpha value is -1.47. The predicted molar refractivity (Wildman–Crippen MR) is 106 cm³/mol. The lowest BCUT2D eigenvalue weighted by atomic mass is 9.81. The van der Waals surface area contributed by atoms with E-state index in [1.165, 1.54) is 12.0 Å². The van der Waals surface area contributed by atoms with Crippen molar-refractivity contribution in [1.82, 2.24) is 15.5 Å². The molecule has 0 bridgehead atoms. The van der Waals surface area contributed by atoms with Gasteiger partial charge in [-0.2, -0.15) is 0 Å². The van der Waals surface area contributed by atoms with Gasteiger partial charge in [0.25, 0.3) is 0 Å². The highest BCUT2D eigenvalue weighted by Crippen LogP contribution is 2.43. The molecule has 3 heterocycles. The van der Waals surface area contributed by atoms with Gasteiger partial charge in [-0.25, -0.2) is 0 Å². The second-order valence-electron chi connectivity index (χ2n) is 9.31. The number of rotatable bonds is 6. The third-order valence-electron chi connectivity index (χ3n) is 7.41. The summed E-state index contributed by atoms with van der Waals surface area (Å²) >= 11 is 0. The van der Waals surface area contributed by atoms with Crippen molar-refractivity contribution in [3.05, 3.63) is 35.9 Å². The molecule has 3 aliphatic heterocycles. The van der Waals surface area contributed by atoms with Gasteiger partial charge in [-0.15, -0.1) is 0 Å². The van der Waals surface area contributed by atoms with Crippen molar-refractivity contribution in [2.45, 2.75) is 61.2 Å². The summed E-state index contributed by atoms with van der Waals surface area (Å²) in [5.74, 6) is -0.0397. The Morgan fingerprint density at radius 3 is 2.64 bits per heavy atom. The number of nitrogens with one attached hydrogen (secondary N) is 2. The minimum Gasteiger partial charge on any atom is -0.481 e. The summed E-state index contributed by atoms with van der Waals surface area (Å²) in [4.78, 5) is 13.7. The zero-order valence-electron chi connectivity index (χ0n) is 16.4. The summed E-state index contributed by atoms with van der Waals surface area (Å²) in [6, 6.07) is 11.8. The highest BCUT2D eigenvalue weighted by molar-refractivity contribution is 5.69. The molecule has 4 aliphatic rings. The van der Waals surface area contributed by atoms with Crippen LogP contribution in [-0.2, 0) is 9.53 Å². The molecule has 28 heavy (non-hydrogen) atoms. The van der Waals surface area contributed by atoms with E-state index in [1.807, 2.05) is 0 Å². The fourth-order valence-corrected chi connectivity index (χ4v) is 5.59. The van der Waals surface area contributed by atoms with E-state index in [0.29, 0.717) is 18.0 Å². The minimum atomic E-state index is -0.694. The smallest absolute Gasteiger partial charge is 0.305 e. The fourth-order valence-electron chi connectivity index (χ4n) is 5.59. The maximum Gasteiger partial charge on any atom is 0.305 e. The van der Waals surface area contributed by atoms with Gasteiger partial charge in [0, 0.05) is 44.2 Å². The number of likely N-dealkylation sites (tertiary alicyclic amines) is 1. The molecule has 1 saturated carbocycles. The highest BCUT2D eigenvalue weighted by Gasteiger charge is 2.50. The third-order valence-corrected chi connectivity index (χ3v) is 7.41. The van der Waals surface area contributed by atoms with Gasteiger partial charge in [0.2, 0.25) is 0 Å². The molecule has 6 heteroatoms. The average Bonchev–Trinajstić information content (AvgIpc) is 3.33. The van der Waals surface area contributed by atoms with Crippen LogP contribution in [0.5, 0.6) is 0 Å². The van der Waals surface area contributed by atoms with Crippen molar-refractivity contribution < 1.29 is 14.6 Å². The van der Waals surface area contributed by atoms with E-state index in [9.17, 15) is 9.90 Å². The Morgan fingerprint density at radius 1 is 1.25 bits per heavy atom. The highest BCUT2D eigenvalue weighted by atomic mass is 16.5. The van der Waals surface area contributed by atoms with E-state index in [-0.39, 0.29) is 17.6 Å². The summed E-state index contributed by atoms with van der Waals surface area (Å²) in [7, 11) is 0. The minimum absolute atomic E-state index is 0.00705. The molecule has 0 amide bonds. The van der Waals surface area contributed by atoms with Crippen LogP contribution in [0.2, 0.25) is 0 Å². The molecule has 5 rings (SSSR count). The molecule has 152 valence electrons. The molecule has 3 atom stereocenters. The summed E-state index contributed by atoms with van der Waals surface area (Å²) in [5.41, 5.74) is 1.26. The Kier molecular flexibility index (Phi) is 4.70. The second-order valence-corrected chi connectivity index (χ2v) is 9.31. The van der Waals surface area contributed by atoms with Gasteiger partial charge in [-0.05, 0) is 31.2 Å². The van der Waals surface area contributed by atoms with Gasteiger partial charge < -0.3 is 20.5 Å². The van der Waals surface area contributed by atoms with Crippen molar-refractivity contribution in [2.75, 3.05) is 32.8 Å². The number of carboxylic acid groups (broad SMARTS) is 1. The Morgan fingerprint density at radius 2 is 2.00 bits per heavy atom. The number of nitrogens with zero attached hydrogens (tertiary/aromatic N) is 1. The molecule has 1 aliphatic carbocycles. The van der Waals surface area contributed by atoms with Crippen LogP contribution < -0.4 is 10.6 Å². The largest absolute Gasteiger partial charge is 0.481 e. The molecule has 3 N–H and O–H groups in total. The Balaban J connectivity index is 1.13. The van der Waals surface area contributed by atoms with Gasteiger partial charge in [-0.3, -0.25) is 9.69 Å². The van der Waals surface area contributed by atoms with E-state index in [4.69, 9.17) is 4.74 Å². The number of ether oxygens (including phenoxy) is 1. The molecule has 3 saturated heterocycles. The molecule has 1 aromatic rings. The van der Waals surface area contributed by atoms with Crippen molar-refractivity contribution in [3.8, 4) is 0 Å². The van der Waals surface area contributed by atoms with Crippen LogP contribution in [0.15, 0.2) is 30.3 Å². The zero-order chi connectivity index (χ0) is 19.2. The quantitative estimate of drug-likeness (QED) is 0.690. The van der Waals surface area contributed by atoms with Crippen LogP contribution in [0.25, 0.3) is 0 Å². The maximum absolute atomic E-state index is 11.3. The first-order chi connectivity index (χ1) is 13.6. The van der Waals surface area contributed by atoms with Gasteiger partial charge in [0.15, 0.2) is 0 Å². The van der Waals surface area contributed by atoms with Crippen LogP contribution in [-0.4, -0.2) is 72.0 Å². The zero-order valence-corrected chi connectivity index (χ0v) is 16.4. The number of aliphatic carboxylic acids is 1. The summed E-state index contributed by atoms with van der Waals surface area (Å²) in [6.07, 6.45) is 4.58. The first-order valence-corrected chi connectivity index (χ1v) is 10.7. The van der Waals surface area contributed by atoms with E-state index in [1.54, 1.807) is 0 Å². The second kappa shape index (κ2) is 7.10. The number of carboxylic acids is 1.